The van der Waals surface area contributed by atoms with E-state index in [4.69, 9.17) is 10.5 Å². The van der Waals surface area contributed by atoms with Crippen LogP contribution in [0.15, 0.2) is 18.2 Å². The number of ether oxygens (including phenoxy) is 1. The lowest BCUT2D eigenvalue weighted by molar-refractivity contribution is -0.122. The van der Waals surface area contributed by atoms with Crippen molar-refractivity contribution in [1.82, 2.24) is 5.32 Å². The summed E-state index contributed by atoms with van der Waals surface area (Å²) in [5.41, 5.74) is 7.76. The molecule has 4 nitrogen and oxygen atoms in total. The van der Waals surface area contributed by atoms with Crippen LogP contribution in [-0.4, -0.2) is 19.1 Å². The van der Waals surface area contributed by atoms with Gasteiger partial charge in [0.1, 0.15) is 5.75 Å². The van der Waals surface area contributed by atoms with Gasteiger partial charge in [-0.15, -0.1) is 0 Å². The Morgan fingerprint density at radius 3 is 2.57 bits per heavy atom. The van der Waals surface area contributed by atoms with Gasteiger partial charge >= 0.3 is 0 Å². The molecule has 0 radical (unpaired) electrons. The topological polar surface area (TPSA) is 64.3 Å². The van der Waals surface area contributed by atoms with Gasteiger partial charge in [0.25, 0.3) is 0 Å². The van der Waals surface area contributed by atoms with Crippen molar-refractivity contribution in [2.24, 2.45) is 11.7 Å². The molecule has 1 saturated carbocycles. The largest absolute Gasteiger partial charge is 0.496 e. The highest BCUT2D eigenvalue weighted by Crippen LogP contribution is 2.29. The molecule has 4 heteroatoms. The van der Waals surface area contributed by atoms with Crippen LogP contribution in [0.5, 0.6) is 5.75 Å². The molecule has 1 aromatic rings. The summed E-state index contributed by atoms with van der Waals surface area (Å²) in [6.07, 6.45) is 3.80. The van der Waals surface area contributed by atoms with Crippen molar-refractivity contribution in [2.45, 2.75) is 51.6 Å². The Morgan fingerprint density at radius 2 is 2.00 bits per heavy atom. The Labute approximate surface area is 127 Å². The monoisotopic (exact) mass is 290 g/mol. The van der Waals surface area contributed by atoms with Crippen molar-refractivity contribution in [3.8, 4) is 5.75 Å². The smallest absolute Gasteiger partial charge is 0.220 e. The lowest BCUT2D eigenvalue weighted by Gasteiger charge is -2.30. The second kappa shape index (κ2) is 6.94. The summed E-state index contributed by atoms with van der Waals surface area (Å²) >= 11 is 0. The molecule has 0 aromatic heterocycles. The zero-order valence-electron chi connectivity index (χ0n) is 13.2. The number of aryl methyl sites for hydroxylation is 1. The number of primary amides is 1. The van der Waals surface area contributed by atoms with Crippen molar-refractivity contribution in [3.05, 3.63) is 29.3 Å². The SMILES string of the molecule is COc1cc(C)ccc1C(C)NC1CCC(C(N)=O)CC1. The minimum atomic E-state index is -0.151. The molecule has 21 heavy (non-hydrogen) atoms. The van der Waals surface area contributed by atoms with Crippen LogP contribution in [0.3, 0.4) is 0 Å². The van der Waals surface area contributed by atoms with Crippen LogP contribution in [0.4, 0.5) is 0 Å². The normalized spacial score (nSPS) is 23.6. The van der Waals surface area contributed by atoms with Crippen molar-refractivity contribution in [1.29, 1.82) is 0 Å². The van der Waals surface area contributed by atoms with Crippen molar-refractivity contribution < 1.29 is 9.53 Å². The summed E-state index contributed by atoms with van der Waals surface area (Å²) < 4.78 is 5.48. The zero-order chi connectivity index (χ0) is 15.4. The number of hydrogen-bond acceptors (Lipinski definition) is 3. The van der Waals surface area contributed by atoms with Crippen LogP contribution >= 0.6 is 0 Å². The third-order valence-corrected chi connectivity index (χ3v) is 4.47. The fourth-order valence-corrected chi connectivity index (χ4v) is 3.16. The summed E-state index contributed by atoms with van der Waals surface area (Å²) in [6, 6.07) is 6.98. The van der Waals surface area contributed by atoms with E-state index in [1.807, 2.05) is 0 Å². The highest BCUT2D eigenvalue weighted by Gasteiger charge is 2.26. The molecule has 0 saturated heterocycles. The van der Waals surface area contributed by atoms with Crippen LogP contribution in [0.25, 0.3) is 0 Å². The highest BCUT2D eigenvalue weighted by molar-refractivity contribution is 5.76. The maximum Gasteiger partial charge on any atom is 0.220 e. The molecule has 0 heterocycles. The Balaban J connectivity index is 1.96. The van der Waals surface area contributed by atoms with Gasteiger partial charge in [-0.2, -0.15) is 0 Å². The van der Waals surface area contributed by atoms with Crippen LogP contribution in [0.2, 0.25) is 0 Å². The second-order valence-corrected chi connectivity index (χ2v) is 6.08. The van der Waals surface area contributed by atoms with Crippen LogP contribution in [-0.2, 0) is 4.79 Å². The first kappa shape index (κ1) is 15.8. The zero-order valence-corrected chi connectivity index (χ0v) is 13.2. The minimum Gasteiger partial charge on any atom is -0.496 e. The molecule has 1 aliphatic carbocycles. The van der Waals surface area contributed by atoms with E-state index in [0.29, 0.717) is 6.04 Å². The van der Waals surface area contributed by atoms with Crippen LogP contribution in [0.1, 0.15) is 49.8 Å². The summed E-state index contributed by atoms with van der Waals surface area (Å²) in [5.74, 6) is 0.842. The van der Waals surface area contributed by atoms with E-state index in [1.54, 1.807) is 7.11 Å². The molecular weight excluding hydrogens is 264 g/mol. The Morgan fingerprint density at radius 1 is 1.33 bits per heavy atom. The number of benzene rings is 1. The number of nitrogens with two attached hydrogens (primary N) is 1. The molecule has 3 N–H and O–H groups in total. The molecule has 1 amide bonds. The Kier molecular flexibility index (Phi) is 5.23. The molecule has 1 aliphatic rings. The molecule has 0 bridgehead atoms. The third kappa shape index (κ3) is 3.97. The molecule has 0 aliphatic heterocycles. The number of methoxy groups -OCH3 is 1. The summed E-state index contributed by atoms with van der Waals surface area (Å²) in [7, 11) is 1.71. The van der Waals surface area contributed by atoms with Gasteiger partial charge in [0.2, 0.25) is 5.91 Å². The standard InChI is InChI=1S/C17H26N2O2/c1-11-4-9-15(16(10-11)21-3)12(2)19-14-7-5-13(6-8-14)17(18)20/h4,9-10,12-14,19H,5-8H2,1-3H3,(H2,18,20). The molecule has 116 valence electrons. The van der Waals surface area contributed by atoms with Crippen LogP contribution in [0, 0.1) is 12.8 Å². The molecule has 0 spiro atoms. The fraction of sp³-hybridized carbons (Fsp3) is 0.588. The van der Waals surface area contributed by atoms with Crippen molar-refractivity contribution in [2.75, 3.05) is 7.11 Å². The van der Waals surface area contributed by atoms with E-state index in [9.17, 15) is 4.79 Å². The third-order valence-electron chi connectivity index (χ3n) is 4.47. The highest BCUT2D eigenvalue weighted by atomic mass is 16.5. The Hall–Kier alpha value is -1.55. The van der Waals surface area contributed by atoms with Gasteiger partial charge in [0, 0.05) is 23.6 Å². The number of hydrogen-bond donors (Lipinski definition) is 2. The number of amides is 1. The van der Waals surface area contributed by atoms with Crippen molar-refractivity contribution >= 4 is 5.91 Å². The number of nitrogens with one attached hydrogen (secondary N) is 1. The van der Waals surface area contributed by atoms with E-state index in [2.05, 4.69) is 37.4 Å². The first-order valence-corrected chi connectivity index (χ1v) is 7.71. The molecule has 1 aromatic carbocycles. The minimum absolute atomic E-state index is 0.0623. The van der Waals surface area contributed by atoms with Gasteiger partial charge in [-0.3, -0.25) is 4.79 Å². The summed E-state index contributed by atoms with van der Waals surface area (Å²) in [5, 5.41) is 3.66. The average Bonchev–Trinajstić information content (AvgIpc) is 2.47. The van der Waals surface area contributed by atoms with E-state index in [1.165, 1.54) is 11.1 Å². The van der Waals surface area contributed by atoms with Gasteiger partial charge in [-0.05, 0) is 51.2 Å². The molecule has 1 unspecified atom stereocenters. The maximum atomic E-state index is 11.2. The van der Waals surface area contributed by atoms with Crippen LogP contribution < -0.4 is 15.8 Å². The predicted octanol–water partition coefficient (Wildman–Crippen LogP) is 2.70. The van der Waals surface area contributed by atoms with E-state index < -0.39 is 0 Å². The molecule has 2 rings (SSSR count). The van der Waals surface area contributed by atoms with Gasteiger partial charge in [0.05, 0.1) is 7.11 Å². The van der Waals surface area contributed by atoms with Gasteiger partial charge in [-0.1, -0.05) is 12.1 Å². The van der Waals surface area contributed by atoms with Gasteiger partial charge < -0.3 is 15.8 Å². The molecule has 1 atom stereocenters. The quantitative estimate of drug-likeness (QED) is 0.876. The lowest BCUT2D eigenvalue weighted by atomic mass is 9.85. The summed E-state index contributed by atoms with van der Waals surface area (Å²) in [6.45, 7) is 4.23. The van der Waals surface area contributed by atoms with Crippen molar-refractivity contribution in [3.63, 3.8) is 0 Å². The fourth-order valence-electron chi connectivity index (χ4n) is 3.16. The summed E-state index contributed by atoms with van der Waals surface area (Å²) in [4.78, 5) is 11.2. The van der Waals surface area contributed by atoms with Gasteiger partial charge in [0.15, 0.2) is 0 Å². The molecule has 1 fully saturated rings. The molecular formula is C17H26N2O2. The predicted molar refractivity (Wildman–Crippen MR) is 84.2 cm³/mol. The second-order valence-electron chi connectivity index (χ2n) is 6.08. The first-order valence-electron chi connectivity index (χ1n) is 7.71. The van der Waals surface area contributed by atoms with E-state index >= 15 is 0 Å². The number of carbonyl (C=O) groups is 1. The van der Waals surface area contributed by atoms with E-state index in [0.717, 1.165) is 31.4 Å². The number of carbonyl (C=O) groups excluding carboxylic acids is 1. The average molecular weight is 290 g/mol. The lowest BCUT2D eigenvalue weighted by Crippen LogP contribution is -2.37. The Bertz CT molecular complexity index is 494. The van der Waals surface area contributed by atoms with Gasteiger partial charge in [-0.25, -0.2) is 0 Å². The maximum absolute atomic E-state index is 11.2. The van der Waals surface area contributed by atoms with E-state index in [-0.39, 0.29) is 17.9 Å². The number of rotatable bonds is 5. The first-order chi connectivity index (χ1) is 10.0.